The first-order chi connectivity index (χ1) is 8.56. The predicted molar refractivity (Wildman–Crippen MR) is 73.7 cm³/mol. The summed E-state index contributed by atoms with van der Waals surface area (Å²) in [5.41, 5.74) is 1.67. The maximum Gasteiger partial charge on any atom is 0.161 e. The van der Waals surface area contributed by atoms with Crippen LogP contribution in [0.1, 0.15) is 37.6 Å². The van der Waals surface area contributed by atoms with Crippen molar-refractivity contribution in [2.45, 2.75) is 27.2 Å². The standard InChI is InChI=1S/C15H20N2O/c1-12(2)11-17(10-6-9-16)15-8-5-4-7-14(15)13(3)18/h4-5,7-8,12H,6,10-11H2,1-3H3. The molecule has 0 aromatic heterocycles. The minimum atomic E-state index is 0.0660. The fourth-order valence-electron chi connectivity index (χ4n) is 1.98. The second kappa shape index (κ2) is 6.80. The van der Waals surface area contributed by atoms with E-state index in [4.69, 9.17) is 5.26 Å². The molecule has 0 atom stereocenters. The molecule has 18 heavy (non-hydrogen) atoms. The highest BCUT2D eigenvalue weighted by Crippen LogP contribution is 2.22. The molecular formula is C15H20N2O. The smallest absolute Gasteiger partial charge is 0.161 e. The molecule has 0 unspecified atom stereocenters. The van der Waals surface area contributed by atoms with Gasteiger partial charge >= 0.3 is 0 Å². The van der Waals surface area contributed by atoms with Crippen molar-refractivity contribution in [2.24, 2.45) is 5.92 Å². The quantitative estimate of drug-likeness (QED) is 0.721. The fourth-order valence-corrected chi connectivity index (χ4v) is 1.98. The van der Waals surface area contributed by atoms with Crippen LogP contribution in [0.2, 0.25) is 0 Å². The summed E-state index contributed by atoms with van der Waals surface area (Å²) in [6.07, 6.45) is 0.471. The second-order valence-corrected chi connectivity index (χ2v) is 4.82. The first kappa shape index (κ1) is 14.2. The van der Waals surface area contributed by atoms with E-state index in [1.807, 2.05) is 24.3 Å². The van der Waals surface area contributed by atoms with Gasteiger partial charge in [0.2, 0.25) is 0 Å². The Labute approximate surface area is 109 Å². The summed E-state index contributed by atoms with van der Waals surface area (Å²) in [6, 6.07) is 9.77. The number of benzene rings is 1. The van der Waals surface area contributed by atoms with Crippen LogP contribution in [-0.2, 0) is 0 Å². The van der Waals surface area contributed by atoms with Gasteiger partial charge in [-0.05, 0) is 25.0 Å². The van der Waals surface area contributed by atoms with Crippen LogP contribution in [0.25, 0.3) is 0 Å². The Morgan fingerprint density at radius 2 is 2.06 bits per heavy atom. The molecule has 0 aliphatic rings. The minimum absolute atomic E-state index is 0.0660. The van der Waals surface area contributed by atoms with E-state index in [9.17, 15) is 4.79 Å². The van der Waals surface area contributed by atoms with Gasteiger partial charge in [0.1, 0.15) is 0 Å². The third-order valence-corrected chi connectivity index (χ3v) is 2.70. The first-order valence-electron chi connectivity index (χ1n) is 6.28. The Bertz CT molecular complexity index is 446. The topological polar surface area (TPSA) is 44.1 Å². The molecule has 96 valence electrons. The minimum Gasteiger partial charge on any atom is -0.370 e. The second-order valence-electron chi connectivity index (χ2n) is 4.82. The van der Waals surface area contributed by atoms with E-state index in [2.05, 4.69) is 24.8 Å². The summed E-state index contributed by atoms with van der Waals surface area (Å²) in [7, 11) is 0. The van der Waals surface area contributed by atoms with Crippen LogP contribution < -0.4 is 4.90 Å². The zero-order valence-electron chi connectivity index (χ0n) is 11.3. The lowest BCUT2D eigenvalue weighted by atomic mass is 10.1. The summed E-state index contributed by atoms with van der Waals surface area (Å²) in [5, 5.41) is 8.73. The number of rotatable bonds is 6. The van der Waals surface area contributed by atoms with E-state index in [-0.39, 0.29) is 5.78 Å². The molecule has 0 radical (unpaired) electrons. The van der Waals surface area contributed by atoms with Crippen molar-refractivity contribution in [1.29, 1.82) is 5.26 Å². The van der Waals surface area contributed by atoms with Crippen LogP contribution in [0, 0.1) is 17.2 Å². The van der Waals surface area contributed by atoms with Crippen LogP contribution in [0.3, 0.4) is 0 Å². The summed E-state index contributed by atoms with van der Waals surface area (Å²) in [6.45, 7) is 7.37. The lowest BCUT2D eigenvalue weighted by molar-refractivity contribution is 0.101. The molecule has 1 aromatic carbocycles. The molecule has 0 heterocycles. The summed E-state index contributed by atoms with van der Waals surface area (Å²) in [4.78, 5) is 13.8. The highest BCUT2D eigenvalue weighted by Gasteiger charge is 2.14. The number of carbonyl (C=O) groups is 1. The Hall–Kier alpha value is -1.82. The normalized spacial score (nSPS) is 10.2. The van der Waals surface area contributed by atoms with Crippen LogP contribution in [-0.4, -0.2) is 18.9 Å². The largest absolute Gasteiger partial charge is 0.370 e. The number of nitrogens with zero attached hydrogens (tertiary/aromatic N) is 2. The van der Waals surface area contributed by atoms with Gasteiger partial charge < -0.3 is 4.90 Å². The van der Waals surface area contributed by atoms with Crippen molar-refractivity contribution in [3.05, 3.63) is 29.8 Å². The van der Waals surface area contributed by atoms with Crippen LogP contribution in [0.5, 0.6) is 0 Å². The van der Waals surface area contributed by atoms with E-state index in [0.717, 1.165) is 17.8 Å². The van der Waals surface area contributed by atoms with Gasteiger partial charge in [-0.1, -0.05) is 26.0 Å². The first-order valence-corrected chi connectivity index (χ1v) is 6.28. The molecule has 0 aliphatic heterocycles. The number of hydrogen-bond donors (Lipinski definition) is 0. The Kier molecular flexibility index (Phi) is 5.38. The average molecular weight is 244 g/mol. The molecule has 0 amide bonds. The molecule has 3 heteroatoms. The maximum atomic E-state index is 11.6. The molecule has 0 saturated carbocycles. The van der Waals surface area contributed by atoms with Gasteiger partial charge in [0.05, 0.1) is 12.5 Å². The molecule has 0 saturated heterocycles. The summed E-state index contributed by atoms with van der Waals surface area (Å²) in [5.74, 6) is 0.556. The number of Topliss-reactive ketones (excluding diaryl/α,β-unsaturated/α-hetero) is 1. The molecule has 0 spiro atoms. The molecule has 3 nitrogen and oxygen atoms in total. The average Bonchev–Trinajstić information content (AvgIpc) is 2.34. The van der Waals surface area contributed by atoms with Gasteiger partial charge in [0.15, 0.2) is 5.78 Å². The maximum absolute atomic E-state index is 11.6. The number of ketones is 1. The van der Waals surface area contributed by atoms with Crippen molar-refractivity contribution in [1.82, 2.24) is 0 Å². The molecule has 0 bridgehead atoms. The molecule has 0 fully saturated rings. The lowest BCUT2D eigenvalue weighted by Gasteiger charge is -2.27. The van der Waals surface area contributed by atoms with Gasteiger partial charge in [0.25, 0.3) is 0 Å². The summed E-state index contributed by atoms with van der Waals surface area (Å²) >= 11 is 0. The Morgan fingerprint density at radius 1 is 1.39 bits per heavy atom. The van der Waals surface area contributed by atoms with Crippen molar-refractivity contribution in [3.8, 4) is 6.07 Å². The van der Waals surface area contributed by atoms with E-state index in [0.29, 0.717) is 18.9 Å². The van der Waals surface area contributed by atoms with Crippen molar-refractivity contribution in [2.75, 3.05) is 18.0 Å². The highest BCUT2D eigenvalue weighted by molar-refractivity contribution is 5.99. The number of carbonyl (C=O) groups excluding carboxylic acids is 1. The van der Waals surface area contributed by atoms with Crippen molar-refractivity contribution >= 4 is 11.5 Å². The van der Waals surface area contributed by atoms with Gasteiger partial charge in [-0.25, -0.2) is 0 Å². The number of para-hydroxylation sites is 1. The van der Waals surface area contributed by atoms with Crippen LogP contribution in [0.4, 0.5) is 5.69 Å². The van der Waals surface area contributed by atoms with Crippen LogP contribution >= 0.6 is 0 Å². The Balaban J connectivity index is 3.04. The zero-order chi connectivity index (χ0) is 13.5. The van der Waals surface area contributed by atoms with E-state index in [1.165, 1.54) is 0 Å². The van der Waals surface area contributed by atoms with Crippen molar-refractivity contribution in [3.63, 3.8) is 0 Å². The number of hydrogen-bond acceptors (Lipinski definition) is 3. The van der Waals surface area contributed by atoms with Gasteiger partial charge in [0, 0.05) is 24.3 Å². The third-order valence-electron chi connectivity index (χ3n) is 2.70. The molecule has 0 aliphatic carbocycles. The fraction of sp³-hybridized carbons (Fsp3) is 0.467. The van der Waals surface area contributed by atoms with E-state index < -0.39 is 0 Å². The van der Waals surface area contributed by atoms with E-state index >= 15 is 0 Å². The monoisotopic (exact) mass is 244 g/mol. The molecule has 0 N–H and O–H groups in total. The zero-order valence-corrected chi connectivity index (χ0v) is 11.3. The lowest BCUT2D eigenvalue weighted by Crippen LogP contribution is -2.29. The SMILES string of the molecule is CC(=O)c1ccccc1N(CCC#N)CC(C)C. The summed E-state index contributed by atoms with van der Waals surface area (Å²) < 4.78 is 0. The molecule has 1 rings (SSSR count). The van der Waals surface area contributed by atoms with Gasteiger partial charge in [-0.2, -0.15) is 5.26 Å². The number of nitriles is 1. The van der Waals surface area contributed by atoms with Gasteiger partial charge in [-0.3, -0.25) is 4.79 Å². The highest BCUT2D eigenvalue weighted by atomic mass is 16.1. The van der Waals surface area contributed by atoms with Crippen LogP contribution in [0.15, 0.2) is 24.3 Å². The molecular weight excluding hydrogens is 224 g/mol. The van der Waals surface area contributed by atoms with Crippen molar-refractivity contribution < 1.29 is 4.79 Å². The third kappa shape index (κ3) is 3.89. The Morgan fingerprint density at radius 3 is 2.61 bits per heavy atom. The van der Waals surface area contributed by atoms with E-state index in [1.54, 1.807) is 6.92 Å². The molecule has 1 aromatic rings. The number of anilines is 1. The van der Waals surface area contributed by atoms with Gasteiger partial charge in [-0.15, -0.1) is 0 Å². The predicted octanol–water partition coefficient (Wildman–Crippen LogP) is 3.27.